The van der Waals surface area contributed by atoms with Crippen molar-refractivity contribution < 1.29 is 13.2 Å². The van der Waals surface area contributed by atoms with Crippen molar-refractivity contribution >= 4 is 17.0 Å². The molecule has 3 aromatic rings. The van der Waals surface area contributed by atoms with Crippen molar-refractivity contribution in [3.8, 4) is 0 Å². The molecule has 0 atom stereocenters. The van der Waals surface area contributed by atoms with Crippen LogP contribution in [-0.4, -0.2) is 25.3 Å². The molecule has 0 radical (unpaired) electrons. The third-order valence-corrected chi connectivity index (χ3v) is 4.59. The van der Waals surface area contributed by atoms with E-state index >= 15 is 0 Å². The van der Waals surface area contributed by atoms with Gasteiger partial charge in [-0.2, -0.15) is 13.2 Å². The van der Waals surface area contributed by atoms with Crippen molar-refractivity contribution in [3.05, 3.63) is 42.5 Å². The number of halogens is 3. The molecule has 0 bridgehead atoms. The molecule has 1 fully saturated rings. The molecule has 1 aliphatic rings. The summed E-state index contributed by atoms with van der Waals surface area (Å²) in [4.78, 5) is 8.65. The van der Waals surface area contributed by atoms with E-state index in [1.165, 1.54) is 18.8 Å². The lowest BCUT2D eigenvalue weighted by Crippen LogP contribution is -2.22. The molecule has 0 spiro atoms. The Balaban J connectivity index is 1.59. The van der Waals surface area contributed by atoms with Crippen LogP contribution in [0.25, 0.3) is 11.0 Å². The molecule has 0 saturated heterocycles. The van der Waals surface area contributed by atoms with Crippen molar-refractivity contribution in [3.63, 3.8) is 0 Å². The van der Waals surface area contributed by atoms with E-state index in [-0.39, 0.29) is 6.54 Å². The Kier molecular flexibility index (Phi) is 3.89. The van der Waals surface area contributed by atoms with Crippen LogP contribution in [0.2, 0.25) is 0 Å². The minimum Gasteiger partial charge on any atom is -0.348 e. The van der Waals surface area contributed by atoms with E-state index in [9.17, 15) is 13.2 Å². The Hall–Kier alpha value is -2.51. The van der Waals surface area contributed by atoms with E-state index in [0.29, 0.717) is 17.8 Å². The van der Waals surface area contributed by atoms with Gasteiger partial charge in [-0.1, -0.05) is 12.1 Å². The number of fused-ring (bicyclic) bond motifs is 1. The van der Waals surface area contributed by atoms with E-state index < -0.39 is 12.7 Å². The van der Waals surface area contributed by atoms with Crippen LogP contribution in [0.1, 0.15) is 31.1 Å². The topological polar surface area (TPSA) is 47.7 Å². The highest BCUT2D eigenvalue weighted by Crippen LogP contribution is 2.37. The average molecular weight is 349 g/mol. The monoisotopic (exact) mass is 349 g/mol. The van der Waals surface area contributed by atoms with Crippen LogP contribution in [0, 0.1) is 0 Å². The molecule has 1 aliphatic carbocycles. The lowest BCUT2D eigenvalue weighted by Gasteiger charge is -2.29. The molecule has 2 heterocycles. The maximum absolute atomic E-state index is 12.6. The lowest BCUT2D eigenvalue weighted by atomic mass is 9.93. The molecule has 2 aromatic heterocycles. The van der Waals surface area contributed by atoms with E-state index in [1.807, 2.05) is 24.3 Å². The highest BCUT2D eigenvalue weighted by molar-refractivity contribution is 5.78. The zero-order valence-electron chi connectivity index (χ0n) is 13.5. The van der Waals surface area contributed by atoms with Gasteiger partial charge in [-0.15, -0.1) is 0 Å². The van der Waals surface area contributed by atoms with Gasteiger partial charge in [-0.05, 0) is 31.4 Å². The fourth-order valence-corrected chi connectivity index (χ4v) is 3.19. The first kappa shape index (κ1) is 16.0. The number of hydrogen-bond acceptors (Lipinski definition) is 3. The van der Waals surface area contributed by atoms with Gasteiger partial charge >= 0.3 is 6.18 Å². The molecule has 5 nitrogen and oxygen atoms in total. The van der Waals surface area contributed by atoms with Crippen LogP contribution in [0.5, 0.6) is 0 Å². The molecule has 0 unspecified atom stereocenters. The molecule has 0 aliphatic heterocycles. The molecule has 0 amide bonds. The van der Waals surface area contributed by atoms with Crippen molar-refractivity contribution in [1.82, 2.24) is 19.1 Å². The Labute approximate surface area is 142 Å². The first-order valence-corrected chi connectivity index (χ1v) is 8.29. The van der Waals surface area contributed by atoms with Gasteiger partial charge in [0.15, 0.2) is 0 Å². The predicted molar refractivity (Wildman–Crippen MR) is 88.2 cm³/mol. The van der Waals surface area contributed by atoms with Gasteiger partial charge in [-0.25, -0.2) is 9.97 Å². The second-order valence-electron chi connectivity index (χ2n) is 6.32. The second-order valence-corrected chi connectivity index (χ2v) is 6.32. The number of aromatic nitrogens is 4. The van der Waals surface area contributed by atoms with E-state index in [0.717, 1.165) is 28.4 Å². The highest BCUT2D eigenvalue weighted by Gasteiger charge is 2.29. The Morgan fingerprint density at radius 2 is 2.00 bits per heavy atom. The molecule has 8 heteroatoms. The molecular formula is C17H18F3N5. The Morgan fingerprint density at radius 1 is 1.20 bits per heavy atom. The SMILES string of the molecule is FC(F)(F)Cn1ccnc1CNc1nc2ccccc2n1C1CCC1. The third-order valence-electron chi connectivity index (χ3n) is 4.59. The quantitative estimate of drug-likeness (QED) is 0.753. The van der Waals surface area contributed by atoms with Crippen molar-refractivity contribution in [2.75, 3.05) is 5.32 Å². The standard InChI is InChI=1S/C17H18F3N5/c18-17(19,20)11-24-9-8-21-15(24)10-22-16-23-13-6-1-2-7-14(13)25(16)12-4-3-5-12/h1-2,6-9,12H,3-5,10-11H2,(H,22,23). The number of anilines is 1. The van der Waals surface area contributed by atoms with Gasteiger partial charge in [0.05, 0.1) is 17.6 Å². The smallest absolute Gasteiger partial charge is 0.348 e. The number of hydrogen-bond donors (Lipinski definition) is 1. The molecule has 1 saturated carbocycles. The maximum atomic E-state index is 12.6. The maximum Gasteiger partial charge on any atom is 0.406 e. The van der Waals surface area contributed by atoms with Gasteiger partial charge in [0, 0.05) is 18.4 Å². The van der Waals surface area contributed by atoms with Crippen molar-refractivity contribution in [2.24, 2.45) is 0 Å². The van der Waals surface area contributed by atoms with Crippen LogP contribution in [0.3, 0.4) is 0 Å². The van der Waals surface area contributed by atoms with Crippen LogP contribution in [0.4, 0.5) is 19.1 Å². The van der Waals surface area contributed by atoms with Crippen LogP contribution in [-0.2, 0) is 13.1 Å². The summed E-state index contributed by atoms with van der Waals surface area (Å²) in [6.45, 7) is -0.845. The highest BCUT2D eigenvalue weighted by atomic mass is 19.4. The molecule has 4 rings (SSSR count). The first-order valence-electron chi connectivity index (χ1n) is 8.29. The molecule has 1 aromatic carbocycles. The van der Waals surface area contributed by atoms with Crippen LogP contribution >= 0.6 is 0 Å². The Morgan fingerprint density at radius 3 is 2.72 bits per heavy atom. The summed E-state index contributed by atoms with van der Waals surface area (Å²) in [5, 5.41) is 3.18. The number of rotatable bonds is 5. The fraction of sp³-hybridized carbons (Fsp3) is 0.412. The number of nitrogens with one attached hydrogen (secondary N) is 1. The van der Waals surface area contributed by atoms with Crippen molar-refractivity contribution in [2.45, 2.75) is 44.6 Å². The van der Waals surface area contributed by atoms with Crippen LogP contribution < -0.4 is 5.32 Å². The van der Waals surface area contributed by atoms with Gasteiger partial charge in [0.25, 0.3) is 0 Å². The molecular weight excluding hydrogens is 331 g/mol. The summed E-state index contributed by atoms with van der Waals surface area (Å²) in [5.41, 5.74) is 1.93. The number of alkyl halides is 3. The average Bonchev–Trinajstić information content (AvgIpc) is 3.07. The van der Waals surface area contributed by atoms with Crippen LogP contribution in [0.15, 0.2) is 36.7 Å². The van der Waals surface area contributed by atoms with Gasteiger partial charge in [-0.3, -0.25) is 0 Å². The minimum absolute atomic E-state index is 0.194. The van der Waals surface area contributed by atoms with E-state index in [2.05, 4.69) is 19.9 Å². The lowest BCUT2D eigenvalue weighted by molar-refractivity contribution is -0.141. The molecule has 132 valence electrons. The minimum atomic E-state index is -4.27. The summed E-state index contributed by atoms with van der Waals surface area (Å²) in [6.07, 6.45) is 1.84. The third kappa shape index (κ3) is 3.20. The van der Waals surface area contributed by atoms with Gasteiger partial charge < -0.3 is 14.5 Å². The fourth-order valence-electron chi connectivity index (χ4n) is 3.19. The largest absolute Gasteiger partial charge is 0.406 e. The second kappa shape index (κ2) is 6.09. The number of benzene rings is 1. The van der Waals surface area contributed by atoms with Crippen molar-refractivity contribution in [1.29, 1.82) is 0 Å². The zero-order valence-corrected chi connectivity index (χ0v) is 13.5. The number of para-hydroxylation sites is 2. The number of nitrogens with zero attached hydrogens (tertiary/aromatic N) is 4. The Bertz CT molecular complexity index is 876. The zero-order chi connectivity index (χ0) is 17.4. The summed E-state index contributed by atoms with van der Waals surface area (Å²) in [7, 11) is 0. The first-order chi connectivity index (χ1) is 12.0. The summed E-state index contributed by atoms with van der Waals surface area (Å²) in [5.74, 6) is 1.02. The summed E-state index contributed by atoms with van der Waals surface area (Å²) < 4.78 is 41.2. The predicted octanol–water partition coefficient (Wildman–Crippen LogP) is 4.13. The van der Waals surface area contributed by atoms with E-state index in [1.54, 1.807) is 0 Å². The summed E-state index contributed by atoms with van der Waals surface area (Å²) >= 11 is 0. The van der Waals surface area contributed by atoms with Gasteiger partial charge in [0.2, 0.25) is 5.95 Å². The normalized spacial score (nSPS) is 15.5. The summed E-state index contributed by atoms with van der Waals surface area (Å²) in [6, 6.07) is 8.26. The molecule has 1 N–H and O–H groups in total. The number of imidazole rings is 2. The molecule has 25 heavy (non-hydrogen) atoms. The van der Waals surface area contributed by atoms with Gasteiger partial charge in [0.1, 0.15) is 12.4 Å². The van der Waals surface area contributed by atoms with E-state index in [4.69, 9.17) is 0 Å².